The molecule has 2 saturated heterocycles. The zero-order valence-corrected chi connectivity index (χ0v) is 16.5. The number of sulfonamides is 1. The van der Waals surface area contributed by atoms with Crippen molar-refractivity contribution < 1.29 is 18.0 Å². The van der Waals surface area contributed by atoms with E-state index in [0.29, 0.717) is 24.2 Å². The van der Waals surface area contributed by atoms with Crippen LogP contribution < -0.4 is 0 Å². The third-order valence-corrected chi connectivity index (χ3v) is 6.58. The Labute approximate surface area is 158 Å². The van der Waals surface area contributed by atoms with Crippen molar-refractivity contribution in [2.24, 2.45) is 11.8 Å². The van der Waals surface area contributed by atoms with Gasteiger partial charge in [-0.2, -0.15) is 0 Å². The molecule has 1 aromatic heterocycles. The number of fused-ring (bicyclic) bond motifs is 1. The van der Waals surface area contributed by atoms with E-state index >= 15 is 0 Å². The second kappa shape index (κ2) is 6.81. The van der Waals surface area contributed by atoms with E-state index in [-0.39, 0.29) is 17.7 Å². The second-order valence-corrected chi connectivity index (χ2v) is 9.31. The molecule has 0 bridgehead atoms. The number of carbonyl (C=O) groups is 2. The van der Waals surface area contributed by atoms with Gasteiger partial charge in [-0.15, -0.1) is 11.6 Å². The van der Waals surface area contributed by atoms with Gasteiger partial charge in [0.25, 0.3) is 5.91 Å². The van der Waals surface area contributed by atoms with Crippen molar-refractivity contribution in [3.05, 3.63) is 29.6 Å². The van der Waals surface area contributed by atoms with E-state index in [1.54, 1.807) is 17.0 Å². The van der Waals surface area contributed by atoms with E-state index in [2.05, 4.69) is 4.98 Å². The molecule has 0 radical (unpaired) electrons. The van der Waals surface area contributed by atoms with E-state index < -0.39 is 33.9 Å². The van der Waals surface area contributed by atoms with Crippen molar-refractivity contribution in [3.8, 4) is 0 Å². The van der Waals surface area contributed by atoms with Gasteiger partial charge in [0.1, 0.15) is 0 Å². The number of hydrogen-bond acceptors (Lipinski definition) is 5. The van der Waals surface area contributed by atoms with Gasteiger partial charge in [-0.1, -0.05) is 13.8 Å². The Balaban J connectivity index is 1.95. The van der Waals surface area contributed by atoms with Gasteiger partial charge in [-0.25, -0.2) is 12.7 Å². The molecule has 0 aliphatic carbocycles. The fourth-order valence-corrected chi connectivity index (χ4v) is 5.39. The van der Waals surface area contributed by atoms with Crippen molar-refractivity contribution in [2.75, 3.05) is 12.8 Å². The molecule has 3 heterocycles. The molecule has 3 atom stereocenters. The Morgan fingerprint density at radius 1 is 1.38 bits per heavy atom. The van der Waals surface area contributed by atoms with Crippen LogP contribution in [0.2, 0.25) is 0 Å². The van der Waals surface area contributed by atoms with Crippen LogP contribution in [0, 0.1) is 11.8 Å². The molecule has 142 valence electrons. The summed E-state index contributed by atoms with van der Waals surface area (Å²) in [4.78, 5) is 31.6. The van der Waals surface area contributed by atoms with Gasteiger partial charge in [0.2, 0.25) is 15.9 Å². The number of amides is 2. The first-order valence-electron chi connectivity index (χ1n) is 8.52. The largest absolute Gasteiger partial charge is 0.333 e. The fraction of sp³-hybridized carbons (Fsp3) is 0.588. The summed E-state index contributed by atoms with van der Waals surface area (Å²) in [6.45, 7) is 4.17. The van der Waals surface area contributed by atoms with Gasteiger partial charge in [-0.3, -0.25) is 14.6 Å². The normalized spacial score (nSPS) is 25.9. The van der Waals surface area contributed by atoms with Gasteiger partial charge >= 0.3 is 0 Å². The van der Waals surface area contributed by atoms with Crippen LogP contribution in [0.5, 0.6) is 0 Å². The van der Waals surface area contributed by atoms with Gasteiger partial charge < -0.3 is 4.90 Å². The number of pyridine rings is 1. The van der Waals surface area contributed by atoms with Gasteiger partial charge in [0.15, 0.2) is 0 Å². The second-order valence-electron chi connectivity index (χ2n) is 7.18. The molecule has 26 heavy (non-hydrogen) atoms. The molecule has 0 spiro atoms. The lowest BCUT2D eigenvalue weighted by Gasteiger charge is -2.29. The molecule has 2 aliphatic heterocycles. The number of aromatic nitrogens is 1. The Morgan fingerprint density at radius 3 is 2.58 bits per heavy atom. The maximum absolute atomic E-state index is 13.0. The smallest absolute Gasteiger partial charge is 0.255 e. The number of carbonyl (C=O) groups excluding carboxylic acids is 2. The average Bonchev–Trinajstić information content (AvgIpc) is 3.09. The highest BCUT2D eigenvalue weighted by atomic mass is 35.5. The predicted molar refractivity (Wildman–Crippen MR) is 97.0 cm³/mol. The Morgan fingerprint density at radius 2 is 2.08 bits per heavy atom. The van der Waals surface area contributed by atoms with E-state index in [9.17, 15) is 18.0 Å². The molecular weight excluding hydrogens is 378 g/mol. The molecule has 7 nitrogen and oxygen atoms in total. The lowest BCUT2D eigenvalue weighted by Crippen LogP contribution is -2.44. The summed E-state index contributed by atoms with van der Waals surface area (Å²) in [7, 11) is -3.68. The lowest BCUT2D eigenvalue weighted by molar-refractivity contribution is -0.129. The minimum absolute atomic E-state index is 0.0769. The van der Waals surface area contributed by atoms with Crippen molar-refractivity contribution >= 4 is 33.4 Å². The summed E-state index contributed by atoms with van der Waals surface area (Å²) < 4.78 is 25.3. The van der Waals surface area contributed by atoms with Crippen LogP contribution in [-0.4, -0.2) is 59.3 Å². The first-order valence-corrected chi connectivity index (χ1v) is 10.9. The summed E-state index contributed by atoms with van der Waals surface area (Å²) in [5.41, 5.74) is 1.08. The third-order valence-electron chi connectivity index (χ3n) is 5.14. The number of likely N-dealkylation sites (tertiary alicyclic amines) is 1. The summed E-state index contributed by atoms with van der Waals surface area (Å²) in [5, 5.41) is 0. The standard InChI is InChI=1S/C17H22ClN3O4S/c1-10(2)14-15-13(21(17(14)23)26(3,24)25)6-7-20(15)16(22)11-4-5-12(8-18)19-9-11/h4-5,9-10,13-15H,6-8H2,1-3H3/t13-,14+,15-/m0/s1. The molecule has 9 heteroatoms. The summed E-state index contributed by atoms with van der Waals surface area (Å²) in [6, 6.07) is 2.41. The average molecular weight is 400 g/mol. The molecule has 2 aliphatic rings. The molecule has 0 aromatic carbocycles. The molecule has 3 rings (SSSR count). The monoisotopic (exact) mass is 399 g/mol. The lowest BCUT2D eigenvalue weighted by atomic mass is 9.88. The summed E-state index contributed by atoms with van der Waals surface area (Å²) in [6.07, 6.45) is 2.97. The molecule has 0 unspecified atom stereocenters. The first kappa shape index (κ1) is 19.1. The Bertz CT molecular complexity index is 825. The van der Waals surface area contributed by atoms with Crippen molar-refractivity contribution in [2.45, 2.75) is 38.2 Å². The Kier molecular flexibility index (Phi) is 5.00. The number of hydrogen-bond donors (Lipinski definition) is 0. The van der Waals surface area contributed by atoms with Crippen molar-refractivity contribution in [1.29, 1.82) is 0 Å². The zero-order valence-electron chi connectivity index (χ0n) is 14.9. The molecule has 2 amide bonds. The van der Waals surface area contributed by atoms with E-state index in [4.69, 9.17) is 11.6 Å². The minimum atomic E-state index is -3.68. The highest BCUT2D eigenvalue weighted by molar-refractivity contribution is 7.88. The molecule has 0 N–H and O–H groups in total. The number of nitrogens with zero attached hydrogens (tertiary/aromatic N) is 3. The molecule has 1 aromatic rings. The number of alkyl halides is 1. The van der Waals surface area contributed by atoms with Crippen LogP contribution in [0.15, 0.2) is 18.3 Å². The van der Waals surface area contributed by atoms with Crippen molar-refractivity contribution in [1.82, 2.24) is 14.2 Å². The summed E-state index contributed by atoms with van der Waals surface area (Å²) in [5.74, 6) is -0.996. The molecule has 2 fully saturated rings. The molecular formula is C17H22ClN3O4S. The number of rotatable bonds is 4. The van der Waals surface area contributed by atoms with Crippen LogP contribution in [0.3, 0.4) is 0 Å². The third kappa shape index (κ3) is 3.09. The number of halogens is 1. The highest BCUT2D eigenvalue weighted by Crippen LogP contribution is 2.41. The maximum atomic E-state index is 13.0. The maximum Gasteiger partial charge on any atom is 0.255 e. The fourth-order valence-electron chi connectivity index (χ4n) is 4.07. The van der Waals surface area contributed by atoms with Crippen LogP contribution in [-0.2, 0) is 20.7 Å². The highest BCUT2D eigenvalue weighted by Gasteiger charge is 2.58. The van der Waals surface area contributed by atoms with Crippen LogP contribution >= 0.6 is 11.6 Å². The van der Waals surface area contributed by atoms with E-state index in [1.807, 2.05) is 13.8 Å². The van der Waals surface area contributed by atoms with Crippen molar-refractivity contribution in [3.63, 3.8) is 0 Å². The summed E-state index contributed by atoms with van der Waals surface area (Å²) >= 11 is 5.73. The van der Waals surface area contributed by atoms with Crippen LogP contribution in [0.25, 0.3) is 0 Å². The molecule has 0 saturated carbocycles. The first-order chi connectivity index (χ1) is 12.2. The van der Waals surface area contributed by atoms with Gasteiger partial charge in [0.05, 0.1) is 41.4 Å². The predicted octanol–water partition coefficient (Wildman–Crippen LogP) is 1.48. The van der Waals surface area contributed by atoms with Gasteiger partial charge in [-0.05, 0) is 24.5 Å². The van der Waals surface area contributed by atoms with Crippen LogP contribution in [0.1, 0.15) is 36.3 Å². The minimum Gasteiger partial charge on any atom is -0.333 e. The zero-order chi connectivity index (χ0) is 19.2. The van der Waals surface area contributed by atoms with Gasteiger partial charge in [0, 0.05) is 12.7 Å². The van der Waals surface area contributed by atoms with E-state index in [0.717, 1.165) is 10.6 Å². The van der Waals surface area contributed by atoms with Crippen LogP contribution in [0.4, 0.5) is 0 Å². The quantitative estimate of drug-likeness (QED) is 0.715. The Hall–Kier alpha value is -1.67. The van der Waals surface area contributed by atoms with E-state index in [1.165, 1.54) is 6.20 Å². The topological polar surface area (TPSA) is 87.7 Å². The SMILES string of the molecule is CC(C)[C@H]1C(=O)N(S(C)(=O)=O)[C@H]2CCN(C(=O)c3ccc(CCl)nc3)[C@H]12.